The monoisotopic (exact) mass is 261 g/mol. The van der Waals surface area contributed by atoms with Gasteiger partial charge in [-0.3, -0.25) is 0 Å². The van der Waals surface area contributed by atoms with E-state index in [9.17, 15) is 4.79 Å². The second-order valence-corrected chi connectivity index (χ2v) is 4.94. The zero-order chi connectivity index (χ0) is 12.5. The number of nitrogens with one attached hydrogen (secondary N) is 2. The summed E-state index contributed by atoms with van der Waals surface area (Å²) in [5.41, 5.74) is 7.78. The number of H-pyrrole nitrogens is 2. The number of benzene rings is 1. The van der Waals surface area contributed by atoms with Gasteiger partial charge in [0.2, 0.25) is 0 Å². The summed E-state index contributed by atoms with van der Waals surface area (Å²) >= 11 is 1.52. The lowest BCUT2D eigenvalue weighted by atomic mass is 10.2. The van der Waals surface area contributed by atoms with Crippen LogP contribution in [0.2, 0.25) is 0 Å². The fourth-order valence-corrected chi connectivity index (χ4v) is 2.61. The van der Waals surface area contributed by atoms with Gasteiger partial charge < -0.3 is 15.7 Å². The Hall–Kier alpha value is -1.99. The highest BCUT2D eigenvalue weighted by Crippen LogP contribution is 2.25. The normalized spacial score (nSPS) is 11.2. The molecule has 0 aliphatic carbocycles. The average molecular weight is 261 g/mol. The van der Waals surface area contributed by atoms with Crippen LogP contribution < -0.4 is 11.4 Å². The van der Waals surface area contributed by atoms with E-state index in [0.717, 1.165) is 33.0 Å². The van der Waals surface area contributed by atoms with E-state index in [0.29, 0.717) is 6.54 Å². The zero-order valence-electron chi connectivity index (χ0n) is 9.43. The summed E-state index contributed by atoms with van der Waals surface area (Å²) in [5, 5.41) is 9.97. The minimum absolute atomic E-state index is 0.205. The molecule has 6 nitrogen and oxygen atoms in total. The van der Waals surface area contributed by atoms with Gasteiger partial charge >= 0.3 is 5.69 Å². The molecular weight excluding hydrogens is 250 g/mol. The van der Waals surface area contributed by atoms with Crippen LogP contribution in [-0.4, -0.2) is 26.7 Å². The van der Waals surface area contributed by atoms with E-state index < -0.39 is 0 Å². The van der Waals surface area contributed by atoms with Gasteiger partial charge in [-0.25, -0.2) is 4.79 Å². The third kappa shape index (κ3) is 1.93. The van der Waals surface area contributed by atoms with Crippen LogP contribution in [0.4, 0.5) is 0 Å². The van der Waals surface area contributed by atoms with Crippen molar-refractivity contribution in [1.82, 2.24) is 20.2 Å². The Kier molecular flexibility index (Phi) is 2.69. The molecule has 2 aromatic heterocycles. The zero-order valence-corrected chi connectivity index (χ0v) is 10.3. The van der Waals surface area contributed by atoms with E-state index in [1.807, 2.05) is 18.2 Å². The maximum atomic E-state index is 11.2. The van der Waals surface area contributed by atoms with Gasteiger partial charge in [0.25, 0.3) is 0 Å². The second kappa shape index (κ2) is 4.35. The van der Waals surface area contributed by atoms with Crippen molar-refractivity contribution >= 4 is 22.4 Å². The third-order valence-electron chi connectivity index (χ3n) is 2.59. The van der Waals surface area contributed by atoms with Gasteiger partial charge in [-0.05, 0) is 24.7 Å². The minimum Gasteiger partial charge on any atom is -0.330 e. The molecular formula is C11H11N5OS. The third-order valence-corrected chi connectivity index (χ3v) is 3.62. The van der Waals surface area contributed by atoms with Crippen LogP contribution in [0, 0.1) is 0 Å². The van der Waals surface area contributed by atoms with Gasteiger partial charge in [0.15, 0.2) is 0 Å². The SMILES string of the molecule is NCCc1nnc(-c2ccc3[nH]c(=O)[nH]c3c2)s1. The molecule has 0 atom stereocenters. The van der Waals surface area contributed by atoms with Crippen molar-refractivity contribution in [3.8, 4) is 10.6 Å². The molecule has 0 unspecified atom stereocenters. The summed E-state index contributed by atoms with van der Waals surface area (Å²) in [6, 6.07) is 5.66. The number of aromatic amines is 2. The number of rotatable bonds is 3. The van der Waals surface area contributed by atoms with Gasteiger partial charge in [0.05, 0.1) is 11.0 Å². The number of hydrogen-bond acceptors (Lipinski definition) is 5. The number of nitrogens with two attached hydrogens (primary N) is 1. The predicted octanol–water partition coefficient (Wildman–Crippen LogP) is 0.876. The molecule has 0 fully saturated rings. The van der Waals surface area contributed by atoms with E-state index in [-0.39, 0.29) is 5.69 Å². The van der Waals surface area contributed by atoms with Crippen molar-refractivity contribution in [1.29, 1.82) is 0 Å². The fraction of sp³-hybridized carbons (Fsp3) is 0.182. The van der Waals surface area contributed by atoms with Gasteiger partial charge in [-0.2, -0.15) is 0 Å². The van der Waals surface area contributed by atoms with Crippen LogP contribution in [0.3, 0.4) is 0 Å². The smallest absolute Gasteiger partial charge is 0.323 e. The largest absolute Gasteiger partial charge is 0.330 e. The second-order valence-electron chi connectivity index (χ2n) is 3.88. The van der Waals surface area contributed by atoms with E-state index in [2.05, 4.69) is 20.2 Å². The van der Waals surface area contributed by atoms with Crippen LogP contribution in [0.25, 0.3) is 21.6 Å². The lowest BCUT2D eigenvalue weighted by Gasteiger charge is -1.94. The molecule has 0 spiro atoms. The topological polar surface area (TPSA) is 100 Å². The van der Waals surface area contributed by atoms with Crippen LogP contribution in [0.15, 0.2) is 23.0 Å². The highest BCUT2D eigenvalue weighted by Gasteiger charge is 2.07. The summed E-state index contributed by atoms with van der Waals surface area (Å²) in [4.78, 5) is 16.6. The van der Waals surface area contributed by atoms with Gasteiger partial charge in [0, 0.05) is 12.0 Å². The molecule has 0 aliphatic rings. The van der Waals surface area contributed by atoms with Crippen molar-refractivity contribution in [2.75, 3.05) is 6.54 Å². The number of nitrogens with zero attached hydrogens (tertiary/aromatic N) is 2. The van der Waals surface area contributed by atoms with E-state index in [1.165, 1.54) is 11.3 Å². The van der Waals surface area contributed by atoms with Crippen LogP contribution >= 0.6 is 11.3 Å². The Bertz CT molecular complexity index is 741. The molecule has 3 aromatic rings. The lowest BCUT2D eigenvalue weighted by molar-refractivity contribution is 0.913. The molecule has 0 aliphatic heterocycles. The molecule has 0 saturated heterocycles. The molecule has 1 aromatic carbocycles. The molecule has 4 N–H and O–H groups in total. The number of hydrogen-bond donors (Lipinski definition) is 3. The average Bonchev–Trinajstić information content (AvgIpc) is 2.93. The first-order chi connectivity index (χ1) is 8.76. The van der Waals surface area contributed by atoms with Gasteiger partial charge in [-0.1, -0.05) is 11.3 Å². The van der Waals surface area contributed by atoms with Crippen LogP contribution in [-0.2, 0) is 6.42 Å². The quantitative estimate of drug-likeness (QED) is 0.651. The summed E-state index contributed by atoms with van der Waals surface area (Å²) < 4.78 is 0. The Morgan fingerprint density at radius 2 is 2.06 bits per heavy atom. The van der Waals surface area contributed by atoms with E-state index in [1.54, 1.807) is 0 Å². The Morgan fingerprint density at radius 1 is 1.22 bits per heavy atom. The molecule has 0 saturated carbocycles. The van der Waals surface area contributed by atoms with Gasteiger partial charge in [0.1, 0.15) is 10.0 Å². The highest BCUT2D eigenvalue weighted by molar-refractivity contribution is 7.14. The Morgan fingerprint density at radius 3 is 2.89 bits per heavy atom. The fourth-order valence-electron chi connectivity index (χ4n) is 1.76. The minimum atomic E-state index is -0.205. The standard InChI is InChI=1S/C11H11N5OS/c12-4-3-9-15-16-10(18-9)6-1-2-7-8(5-6)14-11(17)13-7/h1-2,5H,3-4,12H2,(H2,13,14,17). The Labute approximate surface area is 106 Å². The highest BCUT2D eigenvalue weighted by atomic mass is 32.1. The van der Waals surface area contributed by atoms with Crippen LogP contribution in [0.1, 0.15) is 5.01 Å². The Balaban J connectivity index is 2.04. The summed E-state index contributed by atoms with van der Waals surface area (Å²) in [6.45, 7) is 0.568. The maximum Gasteiger partial charge on any atom is 0.323 e. The molecule has 2 heterocycles. The van der Waals surface area contributed by atoms with Crippen molar-refractivity contribution in [3.05, 3.63) is 33.7 Å². The maximum absolute atomic E-state index is 11.2. The van der Waals surface area contributed by atoms with E-state index in [4.69, 9.17) is 5.73 Å². The molecule has 7 heteroatoms. The summed E-state index contributed by atoms with van der Waals surface area (Å²) in [6.07, 6.45) is 0.737. The molecule has 0 bridgehead atoms. The molecule has 3 rings (SSSR count). The van der Waals surface area contributed by atoms with E-state index >= 15 is 0 Å². The first kappa shape index (κ1) is 11.1. The van der Waals surface area contributed by atoms with Crippen molar-refractivity contribution in [3.63, 3.8) is 0 Å². The lowest BCUT2D eigenvalue weighted by Crippen LogP contribution is -2.01. The van der Waals surface area contributed by atoms with Gasteiger partial charge in [-0.15, -0.1) is 10.2 Å². The summed E-state index contributed by atoms with van der Waals surface area (Å²) in [7, 11) is 0. The first-order valence-corrected chi connectivity index (χ1v) is 6.33. The molecule has 18 heavy (non-hydrogen) atoms. The number of aromatic nitrogens is 4. The first-order valence-electron chi connectivity index (χ1n) is 5.51. The van der Waals surface area contributed by atoms with Crippen molar-refractivity contribution < 1.29 is 0 Å². The number of imidazole rings is 1. The molecule has 92 valence electrons. The van der Waals surface area contributed by atoms with Crippen molar-refractivity contribution in [2.45, 2.75) is 6.42 Å². The van der Waals surface area contributed by atoms with Crippen molar-refractivity contribution in [2.24, 2.45) is 5.73 Å². The molecule has 0 amide bonds. The summed E-state index contributed by atoms with van der Waals surface area (Å²) in [5.74, 6) is 0. The number of fused-ring (bicyclic) bond motifs is 1. The predicted molar refractivity (Wildman–Crippen MR) is 70.6 cm³/mol. The van der Waals surface area contributed by atoms with Crippen LogP contribution in [0.5, 0.6) is 0 Å². The molecule has 0 radical (unpaired) electrons.